The lowest BCUT2D eigenvalue weighted by atomic mass is 10.4. The number of thiophene rings is 1. The Balaban J connectivity index is 1.88. The number of thiazole rings is 1. The Labute approximate surface area is 135 Å². The first-order chi connectivity index (χ1) is 9.60. The lowest BCUT2D eigenvalue weighted by Crippen LogP contribution is -2.27. The molecule has 0 aliphatic heterocycles. The molecule has 4 nitrogen and oxygen atoms in total. The highest BCUT2D eigenvalue weighted by Crippen LogP contribution is 2.21. The van der Waals surface area contributed by atoms with Gasteiger partial charge in [-0.3, -0.25) is 9.69 Å². The van der Waals surface area contributed by atoms with Crippen molar-refractivity contribution in [3.63, 3.8) is 0 Å². The Kier molecular flexibility index (Phi) is 5.71. The number of hydrogen-bond acceptors (Lipinski definition) is 5. The van der Waals surface area contributed by atoms with Crippen molar-refractivity contribution >= 4 is 49.6 Å². The average Bonchev–Trinajstić information content (AvgIpc) is 3.00. The Hall–Kier alpha value is -0.760. The molecule has 0 aliphatic carbocycles. The van der Waals surface area contributed by atoms with Crippen LogP contribution in [0.2, 0.25) is 0 Å². The molecule has 0 bridgehead atoms. The molecule has 2 heterocycles. The summed E-state index contributed by atoms with van der Waals surface area (Å²) < 4.78 is 1.12. The van der Waals surface area contributed by atoms with Crippen molar-refractivity contribution in [3.8, 4) is 0 Å². The van der Waals surface area contributed by atoms with Crippen LogP contribution in [0.3, 0.4) is 0 Å². The largest absolute Gasteiger partial charge is 0.306 e. The monoisotopic (exact) mass is 373 g/mol. The molecule has 0 unspecified atom stereocenters. The summed E-state index contributed by atoms with van der Waals surface area (Å²) in [6.07, 6.45) is 0. The molecule has 0 aromatic carbocycles. The minimum Gasteiger partial charge on any atom is -0.306 e. The fraction of sp³-hybridized carbons (Fsp3) is 0.385. The Morgan fingerprint density at radius 2 is 2.20 bits per heavy atom. The number of carbonyl (C=O) groups excluding carboxylic acids is 1. The third-order valence-corrected chi connectivity index (χ3v) is 5.30. The Morgan fingerprint density at radius 3 is 2.80 bits per heavy atom. The molecule has 7 heteroatoms. The van der Waals surface area contributed by atoms with E-state index in [1.165, 1.54) is 16.2 Å². The fourth-order valence-electron chi connectivity index (χ4n) is 1.75. The molecule has 0 aliphatic rings. The van der Waals surface area contributed by atoms with E-state index in [9.17, 15) is 4.79 Å². The predicted molar refractivity (Wildman–Crippen MR) is 88.4 cm³/mol. The van der Waals surface area contributed by atoms with Crippen LogP contribution in [0.15, 0.2) is 21.3 Å². The summed E-state index contributed by atoms with van der Waals surface area (Å²) in [5.74, 6) is 0.0322. The van der Waals surface area contributed by atoms with E-state index in [2.05, 4.69) is 37.7 Å². The van der Waals surface area contributed by atoms with Crippen LogP contribution in [-0.2, 0) is 17.9 Å². The molecule has 2 rings (SSSR count). The highest BCUT2D eigenvalue weighted by molar-refractivity contribution is 9.10. The maximum absolute atomic E-state index is 11.5. The van der Waals surface area contributed by atoms with Crippen LogP contribution in [0, 0.1) is 0 Å². The van der Waals surface area contributed by atoms with Crippen LogP contribution in [0.5, 0.6) is 0 Å². The number of hydrogen-bond donors (Lipinski definition) is 1. The normalized spacial score (nSPS) is 10.8. The SMILES string of the molecule is CCN(C(C)=O)c1nc(CNCc2cc(Br)cs2)cs1. The summed E-state index contributed by atoms with van der Waals surface area (Å²) in [7, 11) is 0. The first-order valence-corrected chi connectivity index (χ1v) is 8.81. The van der Waals surface area contributed by atoms with Crippen molar-refractivity contribution in [1.82, 2.24) is 10.3 Å². The highest BCUT2D eigenvalue weighted by atomic mass is 79.9. The zero-order valence-corrected chi connectivity index (χ0v) is 14.6. The average molecular weight is 374 g/mol. The van der Waals surface area contributed by atoms with Gasteiger partial charge in [0.1, 0.15) is 0 Å². The lowest BCUT2D eigenvalue weighted by Gasteiger charge is -2.14. The molecule has 2 aromatic rings. The summed E-state index contributed by atoms with van der Waals surface area (Å²) in [6.45, 7) is 5.71. The van der Waals surface area contributed by atoms with Gasteiger partial charge in [0.15, 0.2) is 5.13 Å². The van der Waals surface area contributed by atoms with Crippen LogP contribution in [-0.4, -0.2) is 17.4 Å². The lowest BCUT2D eigenvalue weighted by molar-refractivity contribution is -0.116. The Morgan fingerprint density at radius 1 is 1.40 bits per heavy atom. The zero-order valence-electron chi connectivity index (χ0n) is 11.4. The number of amides is 1. The number of nitrogens with zero attached hydrogens (tertiary/aromatic N) is 2. The van der Waals surface area contributed by atoms with Crippen LogP contribution in [0.4, 0.5) is 5.13 Å². The van der Waals surface area contributed by atoms with Gasteiger partial charge in [-0.05, 0) is 28.9 Å². The van der Waals surface area contributed by atoms with Crippen molar-refractivity contribution in [2.24, 2.45) is 0 Å². The summed E-state index contributed by atoms with van der Waals surface area (Å²) in [5, 5.41) is 8.21. The minimum atomic E-state index is 0.0322. The minimum absolute atomic E-state index is 0.0322. The quantitative estimate of drug-likeness (QED) is 0.840. The van der Waals surface area contributed by atoms with Gasteiger partial charge < -0.3 is 5.32 Å². The second-order valence-corrected chi connectivity index (χ2v) is 6.97. The van der Waals surface area contributed by atoms with E-state index in [1.54, 1.807) is 23.2 Å². The smallest absolute Gasteiger partial charge is 0.225 e. The van der Waals surface area contributed by atoms with Crippen molar-refractivity contribution in [1.29, 1.82) is 0 Å². The van der Waals surface area contributed by atoms with Gasteiger partial charge in [0, 0.05) is 46.7 Å². The first-order valence-electron chi connectivity index (χ1n) is 6.26. The van der Waals surface area contributed by atoms with E-state index in [1.807, 2.05) is 12.3 Å². The maximum Gasteiger partial charge on any atom is 0.225 e. The molecule has 0 spiro atoms. The second kappa shape index (κ2) is 7.31. The van der Waals surface area contributed by atoms with Crippen LogP contribution in [0.1, 0.15) is 24.4 Å². The summed E-state index contributed by atoms with van der Waals surface area (Å²) in [5.41, 5.74) is 0.973. The van der Waals surface area contributed by atoms with E-state index in [0.717, 1.165) is 21.8 Å². The highest BCUT2D eigenvalue weighted by Gasteiger charge is 2.13. The van der Waals surface area contributed by atoms with Gasteiger partial charge in [0.25, 0.3) is 0 Å². The van der Waals surface area contributed by atoms with Gasteiger partial charge in [-0.25, -0.2) is 4.98 Å². The van der Waals surface area contributed by atoms with E-state index in [4.69, 9.17) is 0 Å². The van der Waals surface area contributed by atoms with E-state index < -0.39 is 0 Å². The summed E-state index contributed by atoms with van der Waals surface area (Å²) in [4.78, 5) is 18.9. The molecular weight excluding hydrogens is 358 g/mol. The maximum atomic E-state index is 11.5. The van der Waals surface area contributed by atoms with Crippen LogP contribution < -0.4 is 10.2 Å². The molecular formula is C13H16BrN3OS2. The van der Waals surface area contributed by atoms with Gasteiger partial charge in [-0.15, -0.1) is 22.7 Å². The number of nitrogens with one attached hydrogen (secondary N) is 1. The third kappa shape index (κ3) is 4.12. The van der Waals surface area contributed by atoms with E-state index >= 15 is 0 Å². The molecule has 0 saturated heterocycles. The number of anilines is 1. The zero-order chi connectivity index (χ0) is 14.5. The predicted octanol–water partition coefficient (Wildman–Crippen LogP) is 3.63. The Bertz CT molecular complexity index is 582. The van der Waals surface area contributed by atoms with E-state index in [-0.39, 0.29) is 5.91 Å². The summed E-state index contributed by atoms with van der Waals surface area (Å²) in [6, 6.07) is 2.11. The number of halogens is 1. The van der Waals surface area contributed by atoms with Gasteiger partial charge in [0.05, 0.1) is 5.69 Å². The molecule has 1 N–H and O–H groups in total. The standard InChI is InChI=1S/C13H16BrN3OS2/c1-3-17(9(2)18)13-16-11(8-20-13)5-15-6-12-4-10(14)7-19-12/h4,7-8,15H,3,5-6H2,1-2H3. The number of aromatic nitrogens is 1. The molecule has 0 saturated carbocycles. The van der Waals surface area contributed by atoms with Crippen LogP contribution >= 0.6 is 38.6 Å². The molecule has 0 atom stereocenters. The first kappa shape index (κ1) is 15.6. The van der Waals surface area contributed by atoms with Crippen molar-refractivity contribution in [2.75, 3.05) is 11.4 Å². The third-order valence-electron chi connectivity index (χ3n) is 2.69. The van der Waals surface area contributed by atoms with Crippen molar-refractivity contribution < 1.29 is 4.79 Å². The van der Waals surface area contributed by atoms with Gasteiger partial charge in [0.2, 0.25) is 5.91 Å². The van der Waals surface area contributed by atoms with Crippen LogP contribution in [0.25, 0.3) is 0 Å². The molecule has 1 amide bonds. The topological polar surface area (TPSA) is 45.2 Å². The fourth-order valence-corrected chi connectivity index (χ4v) is 4.11. The van der Waals surface area contributed by atoms with Crippen molar-refractivity contribution in [3.05, 3.63) is 31.9 Å². The van der Waals surface area contributed by atoms with Crippen molar-refractivity contribution in [2.45, 2.75) is 26.9 Å². The molecule has 0 radical (unpaired) electrons. The molecule has 108 valence electrons. The summed E-state index contributed by atoms with van der Waals surface area (Å²) >= 11 is 6.68. The van der Waals surface area contributed by atoms with Gasteiger partial charge in [-0.1, -0.05) is 0 Å². The molecule has 20 heavy (non-hydrogen) atoms. The molecule has 2 aromatic heterocycles. The molecule has 0 fully saturated rings. The van der Waals surface area contributed by atoms with E-state index in [0.29, 0.717) is 13.1 Å². The second-order valence-electron chi connectivity index (χ2n) is 4.22. The van der Waals surface area contributed by atoms with Gasteiger partial charge in [-0.2, -0.15) is 0 Å². The van der Waals surface area contributed by atoms with Gasteiger partial charge >= 0.3 is 0 Å². The number of carbonyl (C=O) groups is 1. The number of rotatable bonds is 6.